The first-order chi connectivity index (χ1) is 18.4. The Morgan fingerprint density at radius 3 is 2.54 bits per heavy atom. The number of rotatable bonds is 8. The van der Waals surface area contributed by atoms with Crippen LogP contribution in [0, 0.1) is 11.6 Å². The molecule has 0 saturated heterocycles. The zero-order chi connectivity index (χ0) is 28.1. The number of halogens is 2. The van der Waals surface area contributed by atoms with Crippen LogP contribution in [0.2, 0.25) is 0 Å². The Hall–Kier alpha value is -4.17. The van der Waals surface area contributed by atoms with Crippen LogP contribution >= 0.6 is 0 Å². The number of nitrogens with one attached hydrogen (secondary N) is 2. The van der Waals surface area contributed by atoms with Gasteiger partial charge < -0.3 is 4.98 Å². The summed E-state index contributed by atoms with van der Waals surface area (Å²) in [7, 11) is -7.49. The maximum absolute atomic E-state index is 15.3. The lowest BCUT2D eigenvalue weighted by molar-refractivity contribution is 0.103. The van der Waals surface area contributed by atoms with Crippen molar-refractivity contribution in [1.29, 1.82) is 0 Å². The second-order valence-corrected chi connectivity index (χ2v) is 12.5. The molecule has 0 spiro atoms. The molecule has 0 fully saturated rings. The lowest BCUT2D eigenvalue weighted by Crippen LogP contribution is -2.18. The van der Waals surface area contributed by atoms with Gasteiger partial charge in [-0.2, -0.15) is 9.19 Å². The van der Waals surface area contributed by atoms with Crippen molar-refractivity contribution in [2.24, 2.45) is 0 Å². The quantitative estimate of drug-likeness (QED) is 0.267. The fraction of sp³-hybridized carbons (Fsp3) is 0.160. The van der Waals surface area contributed by atoms with Gasteiger partial charge in [-0.05, 0) is 42.3 Å². The van der Waals surface area contributed by atoms with Gasteiger partial charge in [0, 0.05) is 34.3 Å². The zero-order valence-electron chi connectivity index (χ0n) is 20.6. The predicted molar refractivity (Wildman–Crippen MR) is 143 cm³/mol. The van der Waals surface area contributed by atoms with E-state index in [-0.39, 0.29) is 28.8 Å². The third-order valence-electron chi connectivity index (χ3n) is 6.01. The largest absolute Gasteiger partial charge is 0.345 e. The summed E-state index contributed by atoms with van der Waals surface area (Å²) in [6, 6.07) is 8.30. The summed E-state index contributed by atoms with van der Waals surface area (Å²) in [6.45, 7) is 1.63. The number of aromatic nitrogens is 4. The molecule has 39 heavy (non-hydrogen) atoms. The van der Waals surface area contributed by atoms with E-state index in [9.17, 15) is 26.0 Å². The topological polar surface area (TPSA) is 144 Å². The average molecular weight is 574 g/mol. The number of anilines is 1. The van der Waals surface area contributed by atoms with Crippen LogP contribution < -0.4 is 4.72 Å². The molecule has 0 unspecified atom stereocenters. The van der Waals surface area contributed by atoms with Crippen molar-refractivity contribution in [1.82, 2.24) is 19.2 Å². The van der Waals surface area contributed by atoms with Crippen molar-refractivity contribution in [3.8, 4) is 11.1 Å². The molecule has 0 aliphatic rings. The molecule has 0 amide bonds. The van der Waals surface area contributed by atoms with E-state index >= 15 is 4.39 Å². The molecule has 202 valence electrons. The van der Waals surface area contributed by atoms with Crippen LogP contribution in [0.3, 0.4) is 0 Å². The molecule has 0 saturated carbocycles. The van der Waals surface area contributed by atoms with E-state index in [2.05, 4.69) is 19.8 Å². The van der Waals surface area contributed by atoms with Crippen LogP contribution in [-0.2, 0) is 20.0 Å². The van der Waals surface area contributed by atoms with Crippen LogP contribution in [0.4, 0.5) is 14.5 Å². The first-order valence-corrected chi connectivity index (χ1v) is 15.1. The summed E-state index contributed by atoms with van der Waals surface area (Å²) >= 11 is 0. The molecule has 10 nitrogen and oxygen atoms in total. The Bertz CT molecular complexity index is 2000. The summed E-state index contributed by atoms with van der Waals surface area (Å²) < 4.78 is 81.1. The molecule has 2 aromatic carbocycles. The van der Waals surface area contributed by atoms with Crippen molar-refractivity contribution in [3.63, 3.8) is 0 Å². The Balaban J connectivity index is 1.56. The molecule has 0 aliphatic carbocycles. The van der Waals surface area contributed by atoms with E-state index < -0.39 is 48.7 Å². The number of hydrogen-bond acceptors (Lipinski definition) is 7. The van der Waals surface area contributed by atoms with Gasteiger partial charge in [0.1, 0.15) is 11.5 Å². The van der Waals surface area contributed by atoms with Crippen molar-refractivity contribution in [3.05, 3.63) is 77.8 Å². The first kappa shape index (κ1) is 26.4. The van der Waals surface area contributed by atoms with Crippen molar-refractivity contribution >= 4 is 53.5 Å². The van der Waals surface area contributed by atoms with Crippen molar-refractivity contribution in [2.45, 2.75) is 13.3 Å². The molecule has 5 aromatic rings. The van der Waals surface area contributed by atoms with Crippen LogP contribution in [0.5, 0.6) is 0 Å². The smallest absolute Gasteiger partial charge is 0.251 e. The molecule has 0 bridgehead atoms. The molecule has 0 aliphatic heterocycles. The van der Waals surface area contributed by atoms with Crippen LogP contribution in [0.15, 0.2) is 55.0 Å². The summed E-state index contributed by atoms with van der Waals surface area (Å²) in [5.74, 6) is -3.75. The fourth-order valence-corrected chi connectivity index (χ4v) is 6.14. The molecule has 3 heterocycles. The standard InChI is InChI=1S/C25H21F2N5O5S2/c1-3-8-39(36,37)31-20-6-5-19(26)22(23(20)27)24(33)18-13-29-25-17(18)10-15(11-28-25)14-4-7-21-16(9-14)12-30-32(21)38(2,34)35/h4-7,9-13,31H,3,8H2,1-2H3,(H,28,29). The highest BCUT2D eigenvalue weighted by atomic mass is 32.2. The number of sulfonamides is 1. The lowest BCUT2D eigenvalue weighted by atomic mass is 9.99. The Morgan fingerprint density at radius 2 is 1.82 bits per heavy atom. The molecule has 0 atom stereocenters. The minimum Gasteiger partial charge on any atom is -0.345 e. The van der Waals surface area contributed by atoms with Crippen molar-refractivity contribution in [2.75, 3.05) is 16.7 Å². The normalized spacial score (nSPS) is 12.3. The molecular formula is C25H21F2N5O5S2. The number of carbonyl (C=O) groups is 1. The number of pyridine rings is 1. The van der Waals surface area contributed by atoms with Crippen LogP contribution in [0.1, 0.15) is 29.3 Å². The van der Waals surface area contributed by atoms with E-state index in [1.807, 2.05) is 0 Å². The van der Waals surface area contributed by atoms with Gasteiger partial charge in [-0.3, -0.25) is 9.52 Å². The van der Waals surface area contributed by atoms with Gasteiger partial charge in [-0.1, -0.05) is 13.0 Å². The van der Waals surface area contributed by atoms with E-state index in [0.717, 1.165) is 22.5 Å². The van der Waals surface area contributed by atoms with Gasteiger partial charge >= 0.3 is 0 Å². The minimum atomic E-state index is -3.89. The molecule has 14 heteroatoms. The zero-order valence-corrected chi connectivity index (χ0v) is 22.2. The number of fused-ring (bicyclic) bond motifs is 2. The van der Waals surface area contributed by atoms with E-state index in [1.165, 1.54) is 18.6 Å². The lowest BCUT2D eigenvalue weighted by Gasteiger charge is -2.11. The van der Waals surface area contributed by atoms with Gasteiger partial charge in [-0.15, -0.1) is 0 Å². The summed E-state index contributed by atoms with van der Waals surface area (Å²) in [5.41, 5.74) is 0.336. The third-order valence-corrected chi connectivity index (χ3v) is 8.41. The summed E-state index contributed by atoms with van der Waals surface area (Å²) in [5, 5.41) is 4.75. The SMILES string of the molecule is CCCS(=O)(=O)Nc1ccc(F)c(C(=O)c2c[nH]c3ncc(-c4ccc5c(cnn5S(C)(=O)=O)c4)cc23)c1F. The number of aromatic amines is 1. The molecule has 5 rings (SSSR count). The maximum Gasteiger partial charge on any atom is 0.251 e. The number of hydrogen-bond donors (Lipinski definition) is 2. The number of carbonyl (C=O) groups excluding carboxylic acids is 1. The predicted octanol–water partition coefficient (Wildman–Crippen LogP) is 4.05. The number of H-pyrrole nitrogens is 1. The Morgan fingerprint density at radius 1 is 1.05 bits per heavy atom. The van der Waals surface area contributed by atoms with Gasteiger partial charge in [0.2, 0.25) is 15.8 Å². The van der Waals surface area contributed by atoms with Gasteiger partial charge in [0.25, 0.3) is 10.0 Å². The second-order valence-electron chi connectivity index (χ2n) is 8.88. The molecular weight excluding hydrogens is 552 g/mol. The monoisotopic (exact) mass is 573 g/mol. The number of ketones is 1. The molecule has 3 aromatic heterocycles. The van der Waals surface area contributed by atoms with Crippen LogP contribution in [0.25, 0.3) is 33.1 Å². The summed E-state index contributed by atoms with van der Waals surface area (Å²) in [6.07, 6.45) is 5.53. The van der Waals surface area contributed by atoms with E-state index in [4.69, 9.17) is 0 Å². The maximum atomic E-state index is 15.3. The van der Waals surface area contributed by atoms with Gasteiger partial charge in [0.05, 0.1) is 35.0 Å². The first-order valence-electron chi connectivity index (χ1n) is 11.6. The van der Waals surface area contributed by atoms with Crippen LogP contribution in [-0.4, -0.2) is 53.8 Å². The third kappa shape index (κ3) is 4.88. The highest BCUT2D eigenvalue weighted by Gasteiger charge is 2.26. The minimum absolute atomic E-state index is 0.0725. The highest BCUT2D eigenvalue weighted by molar-refractivity contribution is 7.92. The van der Waals surface area contributed by atoms with E-state index in [1.54, 1.807) is 31.2 Å². The van der Waals surface area contributed by atoms with Crippen molar-refractivity contribution < 1.29 is 30.4 Å². The number of benzene rings is 2. The fourth-order valence-electron chi connectivity index (χ4n) is 4.26. The Kier molecular flexibility index (Phi) is 6.47. The second kappa shape index (κ2) is 9.54. The molecule has 0 radical (unpaired) electrons. The average Bonchev–Trinajstić information content (AvgIpc) is 3.49. The van der Waals surface area contributed by atoms with Gasteiger partial charge in [0.15, 0.2) is 5.82 Å². The molecule has 2 N–H and O–H groups in total. The van der Waals surface area contributed by atoms with E-state index in [0.29, 0.717) is 22.0 Å². The number of nitrogens with zero attached hydrogens (tertiary/aromatic N) is 3. The highest BCUT2D eigenvalue weighted by Crippen LogP contribution is 2.31. The van der Waals surface area contributed by atoms with Gasteiger partial charge in [-0.25, -0.2) is 30.6 Å². The summed E-state index contributed by atoms with van der Waals surface area (Å²) in [4.78, 5) is 20.5. The Labute approximate surface area is 221 Å².